The number of amides is 3. The van der Waals surface area contributed by atoms with Crippen molar-refractivity contribution in [2.75, 3.05) is 62.4 Å². The van der Waals surface area contributed by atoms with Gasteiger partial charge in [-0.1, -0.05) is 0 Å². The van der Waals surface area contributed by atoms with Crippen molar-refractivity contribution >= 4 is 23.6 Å². The topological polar surface area (TPSA) is 91.3 Å². The van der Waals surface area contributed by atoms with Gasteiger partial charge in [0.05, 0.1) is 0 Å². The number of carbonyl (C=O) groups is 2. The number of anilines is 2. The normalized spacial score (nSPS) is 18.3. The van der Waals surface area contributed by atoms with Crippen molar-refractivity contribution < 1.29 is 19.1 Å². The second kappa shape index (κ2) is 7.69. The van der Waals surface area contributed by atoms with Crippen LogP contribution in [0.5, 0.6) is 11.5 Å². The van der Waals surface area contributed by atoms with E-state index in [9.17, 15) is 9.59 Å². The molecule has 30 heavy (non-hydrogen) atoms. The molecule has 156 valence electrons. The van der Waals surface area contributed by atoms with Crippen LogP contribution in [0.4, 0.5) is 16.4 Å². The minimum Gasteiger partial charge on any atom is -0.454 e. The van der Waals surface area contributed by atoms with E-state index < -0.39 is 0 Å². The van der Waals surface area contributed by atoms with Crippen LogP contribution in [0.25, 0.3) is 0 Å². The predicted octanol–water partition coefficient (Wildman–Crippen LogP) is 0.796. The summed E-state index contributed by atoms with van der Waals surface area (Å²) in [7, 11) is 0. The molecule has 0 atom stereocenters. The molecule has 0 bridgehead atoms. The fourth-order valence-corrected chi connectivity index (χ4v) is 3.90. The van der Waals surface area contributed by atoms with E-state index in [4.69, 9.17) is 9.47 Å². The molecule has 0 radical (unpaired) electrons. The molecule has 0 N–H and O–H groups in total. The molecule has 5 rings (SSSR count). The monoisotopic (exact) mass is 410 g/mol. The Balaban J connectivity index is 1.17. The maximum Gasteiger partial charge on any atom is 0.325 e. The van der Waals surface area contributed by atoms with Crippen molar-refractivity contribution in [3.8, 4) is 11.5 Å². The van der Waals surface area contributed by atoms with Crippen LogP contribution < -0.4 is 19.3 Å². The zero-order valence-electron chi connectivity index (χ0n) is 16.4. The van der Waals surface area contributed by atoms with Crippen LogP contribution in [-0.4, -0.2) is 84.3 Å². The first-order valence-corrected chi connectivity index (χ1v) is 9.95. The van der Waals surface area contributed by atoms with E-state index in [-0.39, 0.29) is 25.3 Å². The number of fused-ring (bicyclic) bond motifs is 1. The molecule has 10 nitrogen and oxygen atoms in total. The molecule has 1 aromatic heterocycles. The molecule has 3 amide bonds. The van der Waals surface area contributed by atoms with E-state index >= 15 is 0 Å². The number of aromatic nitrogens is 2. The van der Waals surface area contributed by atoms with Crippen molar-refractivity contribution in [1.29, 1.82) is 0 Å². The molecule has 3 aliphatic heterocycles. The van der Waals surface area contributed by atoms with E-state index in [2.05, 4.69) is 14.9 Å². The third-order valence-corrected chi connectivity index (χ3v) is 5.56. The van der Waals surface area contributed by atoms with Gasteiger partial charge in [0.2, 0.25) is 18.6 Å². The molecular formula is C20H22N6O4. The molecule has 0 spiro atoms. The Morgan fingerprint density at radius 3 is 2.53 bits per heavy atom. The van der Waals surface area contributed by atoms with E-state index in [1.165, 1.54) is 0 Å². The Morgan fingerprint density at radius 1 is 0.967 bits per heavy atom. The van der Waals surface area contributed by atoms with Crippen molar-refractivity contribution in [3.05, 3.63) is 36.7 Å². The highest BCUT2D eigenvalue weighted by molar-refractivity contribution is 5.96. The maximum absolute atomic E-state index is 12.8. The summed E-state index contributed by atoms with van der Waals surface area (Å²) in [6.45, 7) is 3.84. The molecular weight excluding hydrogens is 388 g/mol. The van der Waals surface area contributed by atoms with Gasteiger partial charge in [0.25, 0.3) is 0 Å². The van der Waals surface area contributed by atoms with Gasteiger partial charge in [-0.05, 0) is 18.2 Å². The maximum atomic E-state index is 12.8. The molecule has 0 unspecified atom stereocenters. The van der Waals surface area contributed by atoms with Gasteiger partial charge in [0.15, 0.2) is 11.5 Å². The quantitative estimate of drug-likeness (QED) is 0.736. The summed E-state index contributed by atoms with van der Waals surface area (Å²) in [5.41, 5.74) is 0.746. The van der Waals surface area contributed by atoms with Crippen LogP contribution in [0.15, 0.2) is 36.7 Å². The van der Waals surface area contributed by atoms with Crippen LogP contribution >= 0.6 is 0 Å². The number of hydrogen-bond acceptors (Lipinski definition) is 7. The third kappa shape index (κ3) is 3.44. The summed E-state index contributed by atoms with van der Waals surface area (Å²) in [5, 5.41) is 0. The fraction of sp³-hybridized carbons (Fsp3) is 0.400. The average Bonchev–Trinajstić information content (AvgIpc) is 3.40. The predicted molar refractivity (Wildman–Crippen MR) is 108 cm³/mol. The lowest BCUT2D eigenvalue weighted by Gasteiger charge is -2.35. The SMILES string of the molecule is O=C(CN1CCN(c2ccc3c(c2)OCO3)C1=O)N1CCN(c2ncccn2)CC1. The van der Waals surface area contributed by atoms with Gasteiger partial charge in [0, 0.05) is 63.4 Å². The van der Waals surface area contributed by atoms with Gasteiger partial charge in [-0.25, -0.2) is 14.8 Å². The number of rotatable bonds is 4. The smallest absolute Gasteiger partial charge is 0.325 e. The summed E-state index contributed by atoms with van der Waals surface area (Å²) < 4.78 is 10.7. The Hall–Kier alpha value is -3.56. The fourth-order valence-electron chi connectivity index (χ4n) is 3.90. The van der Waals surface area contributed by atoms with Gasteiger partial charge in [0.1, 0.15) is 6.54 Å². The van der Waals surface area contributed by atoms with Crippen LogP contribution in [0, 0.1) is 0 Å². The standard InChI is InChI=1S/C20H22N6O4/c27-18(23-6-8-24(9-7-23)19-21-4-1-5-22-19)13-25-10-11-26(20(25)28)15-2-3-16-17(12-15)30-14-29-16/h1-5,12H,6-11,13-14H2. The highest BCUT2D eigenvalue weighted by atomic mass is 16.7. The van der Waals surface area contributed by atoms with Crippen LogP contribution in [0.3, 0.4) is 0 Å². The molecule has 0 aliphatic carbocycles. The molecule has 2 aromatic rings. The molecule has 4 heterocycles. The number of piperazine rings is 1. The van der Waals surface area contributed by atoms with Crippen LogP contribution in [0.2, 0.25) is 0 Å². The molecule has 3 aliphatic rings. The highest BCUT2D eigenvalue weighted by Gasteiger charge is 2.33. The van der Waals surface area contributed by atoms with Crippen molar-refractivity contribution in [2.45, 2.75) is 0 Å². The molecule has 2 saturated heterocycles. The second-order valence-electron chi connectivity index (χ2n) is 7.31. The first-order chi connectivity index (χ1) is 14.7. The van der Waals surface area contributed by atoms with E-state index in [0.29, 0.717) is 56.7 Å². The van der Waals surface area contributed by atoms with E-state index in [1.54, 1.807) is 45.3 Å². The first kappa shape index (κ1) is 18.5. The Morgan fingerprint density at radius 2 is 1.73 bits per heavy atom. The Bertz CT molecular complexity index is 948. The molecule has 10 heteroatoms. The lowest BCUT2D eigenvalue weighted by atomic mass is 10.2. The van der Waals surface area contributed by atoms with Gasteiger partial charge in [-0.15, -0.1) is 0 Å². The zero-order chi connectivity index (χ0) is 20.5. The van der Waals surface area contributed by atoms with Crippen molar-refractivity contribution in [1.82, 2.24) is 19.8 Å². The molecule has 1 aromatic carbocycles. The lowest BCUT2D eigenvalue weighted by molar-refractivity contribution is -0.131. The minimum atomic E-state index is -0.168. The number of hydrogen-bond donors (Lipinski definition) is 0. The lowest BCUT2D eigenvalue weighted by Crippen LogP contribution is -2.52. The number of benzene rings is 1. The van der Waals surface area contributed by atoms with E-state index in [0.717, 1.165) is 5.69 Å². The van der Waals surface area contributed by atoms with Gasteiger partial charge in [-0.2, -0.15) is 0 Å². The highest BCUT2D eigenvalue weighted by Crippen LogP contribution is 2.36. The van der Waals surface area contributed by atoms with Gasteiger partial charge >= 0.3 is 6.03 Å². The molecule has 2 fully saturated rings. The Labute approximate surface area is 173 Å². The summed E-state index contributed by atoms with van der Waals surface area (Å²) in [5.74, 6) is 1.95. The van der Waals surface area contributed by atoms with Gasteiger partial charge < -0.3 is 24.2 Å². The largest absolute Gasteiger partial charge is 0.454 e. The number of ether oxygens (including phenoxy) is 2. The summed E-state index contributed by atoms with van der Waals surface area (Å²) in [6, 6.07) is 7.05. The number of nitrogens with zero attached hydrogens (tertiary/aromatic N) is 6. The van der Waals surface area contributed by atoms with Crippen LogP contribution in [-0.2, 0) is 4.79 Å². The average molecular weight is 410 g/mol. The zero-order valence-corrected chi connectivity index (χ0v) is 16.4. The third-order valence-electron chi connectivity index (χ3n) is 5.56. The van der Waals surface area contributed by atoms with Crippen LogP contribution in [0.1, 0.15) is 0 Å². The second-order valence-corrected chi connectivity index (χ2v) is 7.31. The Kier molecular flexibility index (Phi) is 4.74. The van der Waals surface area contributed by atoms with E-state index in [1.807, 2.05) is 6.07 Å². The first-order valence-electron chi connectivity index (χ1n) is 9.95. The number of carbonyl (C=O) groups excluding carboxylic acids is 2. The molecule has 0 saturated carbocycles. The number of urea groups is 1. The summed E-state index contributed by atoms with van der Waals surface area (Å²) in [4.78, 5) is 41.3. The minimum absolute atomic E-state index is 0.0375. The van der Waals surface area contributed by atoms with Crippen molar-refractivity contribution in [3.63, 3.8) is 0 Å². The van der Waals surface area contributed by atoms with Crippen molar-refractivity contribution in [2.24, 2.45) is 0 Å². The summed E-state index contributed by atoms with van der Waals surface area (Å²) >= 11 is 0. The summed E-state index contributed by atoms with van der Waals surface area (Å²) in [6.07, 6.45) is 3.43. The van der Waals surface area contributed by atoms with Gasteiger partial charge in [-0.3, -0.25) is 9.69 Å².